The van der Waals surface area contributed by atoms with Crippen LogP contribution in [0.2, 0.25) is 0 Å². The Morgan fingerprint density at radius 2 is 2.04 bits per heavy atom. The summed E-state index contributed by atoms with van der Waals surface area (Å²) in [5, 5.41) is 3.21. The number of nitrogens with one attached hydrogen (secondary N) is 1. The van der Waals surface area contributed by atoms with Crippen molar-refractivity contribution in [1.29, 1.82) is 0 Å². The number of aryl methyl sites for hydroxylation is 2. The van der Waals surface area contributed by atoms with Crippen molar-refractivity contribution in [2.75, 3.05) is 23.9 Å². The molecular weight excluding hydrogens is 326 g/mol. The predicted molar refractivity (Wildman–Crippen MR) is 103 cm³/mol. The molecule has 0 saturated heterocycles. The predicted octanol–water partition coefficient (Wildman–Crippen LogP) is 4.02. The van der Waals surface area contributed by atoms with Gasteiger partial charge in [-0.1, -0.05) is 18.2 Å². The first-order valence-corrected chi connectivity index (χ1v) is 8.71. The van der Waals surface area contributed by atoms with Crippen LogP contribution in [0.5, 0.6) is 5.88 Å². The van der Waals surface area contributed by atoms with Crippen molar-refractivity contribution >= 4 is 23.1 Å². The first kappa shape index (κ1) is 16.3. The second-order valence-corrected chi connectivity index (χ2v) is 6.29. The highest BCUT2D eigenvalue weighted by atomic mass is 16.5. The summed E-state index contributed by atoms with van der Waals surface area (Å²) in [7, 11) is 1.60. The van der Waals surface area contributed by atoms with Gasteiger partial charge >= 0.3 is 0 Å². The number of pyridine rings is 1. The second kappa shape index (κ2) is 7.00. The Hall–Kier alpha value is -3.15. The second-order valence-electron chi connectivity index (χ2n) is 6.29. The molecule has 3 aromatic rings. The maximum absolute atomic E-state index is 5.09. The first-order chi connectivity index (χ1) is 12.7. The Labute approximate surface area is 152 Å². The van der Waals surface area contributed by atoms with Crippen molar-refractivity contribution in [2.45, 2.75) is 19.8 Å². The molecule has 0 radical (unpaired) electrons. The third kappa shape index (κ3) is 3.18. The SMILES string of the molecule is COc1ccc(Nc2nccc(N3CCCc4cccc(C)c43)n2)cn1. The van der Waals surface area contributed by atoms with Gasteiger partial charge in [0, 0.05) is 24.5 Å². The van der Waals surface area contributed by atoms with E-state index < -0.39 is 0 Å². The molecule has 1 aliphatic rings. The zero-order chi connectivity index (χ0) is 17.9. The topological polar surface area (TPSA) is 63.2 Å². The van der Waals surface area contributed by atoms with E-state index >= 15 is 0 Å². The van der Waals surface area contributed by atoms with E-state index in [-0.39, 0.29) is 0 Å². The molecule has 0 aliphatic carbocycles. The highest BCUT2D eigenvalue weighted by Crippen LogP contribution is 2.35. The van der Waals surface area contributed by atoms with Crippen LogP contribution in [0.25, 0.3) is 0 Å². The van der Waals surface area contributed by atoms with E-state index in [1.807, 2.05) is 12.1 Å². The van der Waals surface area contributed by atoms with Gasteiger partial charge in [0.05, 0.1) is 19.0 Å². The largest absolute Gasteiger partial charge is 0.481 e. The van der Waals surface area contributed by atoms with Crippen LogP contribution >= 0.6 is 0 Å². The van der Waals surface area contributed by atoms with E-state index in [0.717, 1.165) is 30.9 Å². The van der Waals surface area contributed by atoms with Gasteiger partial charge in [0.2, 0.25) is 11.8 Å². The molecule has 132 valence electrons. The number of hydrogen-bond acceptors (Lipinski definition) is 6. The summed E-state index contributed by atoms with van der Waals surface area (Å²) < 4.78 is 5.09. The first-order valence-electron chi connectivity index (χ1n) is 8.71. The van der Waals surface area contributed by atoms with Crippen molar-refractivity contribution in [1.82, 2.24) is 15.0 Å². The number of fused-ring (bicyclic) bond motifs is 1. The minimum absolute atomic E-state index is 0.551. The number of aromatic nitrogens is 3. The summed E-state index contributed by atoms with van der Waals surface area (Å²) in [4.78, 5) is 15.5. The molecular formula is C20H21N5O. The van der Waals surface area contributed by atoms with Crippen LogP contribution in [0, 0.1) is 6.92 Å². The molecule has 6 nitrogen and oxygen atoms in total. The number of rotatable bonds is 4. The Kier molecular flexibility index (Phi) is 4.39. The van der Waals surface area contributed by atoms with Crippen LogP contribution < -0.4 is 15.0 Å². The average molecular weight is 347 g/mol. The molecule has 0 saturated carbocycles. The minimum atomic E-state index is 0.551. The fraction of sp³-hybridized carbons (Fsp3) is 0.250. The fourth-order valence-corrected chi connectivity index (χ4v) is 3.34. The molecule has 1 aromatic carbocycles. The average Bonchev–Trinajstić information content (AvgIpc) is 2.69. The van der Waals surface area contributed by atoms with Crippen molar-refractivity contribution in [2.24, 2.45) is 0 Å². The zero-order valence-corrected chi connectivity index (χ0v) is 14.9. The zero-order valence-electron chi connectivity index (χ0n) is 14.9. The van der Waals surface area contributed by atoms with E-state index in [1.165, 1.54) is 16.8 Å². The van der Waals surface area contributed by atoms with Gasteiger partial charge in [0.25, 0.3) is 0 Å². The normalized spacial score (nSPS) is 13.2. The molecule has 0 spiro atoms. The Morgan fingerprint density at radius 1 is 1.12 bits per heavy atom. The summed E-state index contributed by atoms with van der Waals surface area (Å²) in [6.07, 6.45) is 5.72. The van der Waals surface area contributed by atoms with Gasteiger partial charge in [0.15, 0.2) is 0 Å². The third-order valence-electron chi connectivity index (χ3n) is 4.54. The molecule has 26 heavy (non-hydrogen) atoms. The monoisotopic (exact) mass is 347 g/mol. The third-order valence-corrected chi connectivity index (χ3v) is 4.54. The maximum Gasteiger partial charge on any atom is 0.229 e. The number of ether oxygens (including phenoxy) is 1. The Morgan fingerprint density at radius 3 is 2.85 bits per heavy atom. The molecule has 0 unspecified atom stereocenters. The molecule has 0 amide bonds. The minimum Gasteiger partial charge on any atom is -0.481 e. The summed E-state index contributed by atoms with van der Waals surface area (Å²) in [5.41, 5.74) is 4.74. The summed E-state index contributed by atoms with van der Waals surface area (Å²) >= 11 is 0. The molecule has 3 heterocycles. The number of hydrogen-bond donors (Lipinski definition) is 1. The molecule has 4 rings (SSSR count). The molecule has 0 fully saturated rings. The van der Waals surface area contributed by atoms with Crippen LogP contribution in [0.3, 0.4) is 0 Å². The molecule has 0 bridgehead atoms. The fourth-order valence-electron chi connectivity index (χ4n) is 3.34. The quantitative estimate of drug-likeness (QED) is 0.769. The van der Waals surface area contributed by atoms with Crippen LogP contribution in [0.1, 0.15) is 17.5 Å². The number of anilines is 4. The maximum atomic E-state index is 5.09. The standard InChI is InChI=1S/C20H21N5O/c1-14-5-3-6-15-7-4-12-25(19(14)15)17-10-11-21-20(24-17)23-16-8-9-18(26-2)22-13-16/h3,5-6,8-11,13H,4,7,12H2,1-2H3,(H,21,23,24). The summed E-state index contributed by atoms with van der Waals surface area (Å²) in [5.74, 6) is 2.03. The van der Waals surface area contributed by atoms with Gasteiger partial charge in [0.1, 0.15) is 5.82 Å². The van der Waals surface area contributed by atoms with Gasteiger partial charge < -0.3 is 15.0 Å². The van der Waals surface area contributed by atoms with E-state index in [0.29, 0.717) is 11.8 Å². The van der Waals surface area contributed by atoms with E-state index in [4.69, 9.17) is 9.72 Å². The van der Waals surface area contributed by atoms with E-state index in [2.05, 4.69) is 45.3 Å². The number of para-hydroxylation sites is 1. The molecule has 1 aliphatic heterocycles. The highest BCUT2D eigenvalue weighted by Gasteiger charge is 2.21. The van der Waals surface area contributed by atoms with Crippen molar-refractivity contribution < 1.29 is 4.74 Å². The molecule has 6 heteroatoms. The van der Waals surface area contributed by atoms with Crippen LogP contribution in [-0.2, 0) is 6.42 Å². The van der Waals surface area contributed by atoms with Gasteiger partial charge in [-0.3, -0.25) is 0 Å². The van der Waals surface area contributed by atoms with Gasteiger partial charge in [-0.25, -0.2) is 9.97 Å². The number of methoxy groups -OCH3 is 1. The number of benzene rings is 1. The lowest BCUT2D eigenvalue weighted by molar-refractivity contribution is 0.398. The smallest absolute Gasteiger partial charge is 0.229 e. The van der Waals surface area contributed by atoms with Crippen molar-refractivity contribution in [3.8, 4) is 5.88 Å². The van der Waals surface area contributed by atoms with Gasteiger partial charge in [-0.05, 0) is 43.0 Å². The van der Waals surface area contributed by atoms with E-state index in [1.54, 1.807) is 25.6 Å². The van der Waals surface area contributed by atoms with Crippen LogP contribution in [-0.4, -0.2) is 28.6 Å². The lowest BCUT2D eigenvalue weighted by atomic mass is 9.98. The van der Waals surface area contributed by atoms with Gasteiger partial charge in [-0.15, -0.1) is 0 Å². The Balaban J connectivity index is 1.62. The van der Waals surface area contributed by atoms with Crippen molar-refractivity contribution in [3.63, 3.8) is 0 Å². The van der Waals surface area contributed by atoms with E-state index in [9.17, 15) is 0 Å². The lowest BCUT2D eigenvalue weighted by Gasteiger charge is -2.32. The molecule has 0 atom stereocenters. The highest BCUT2D eigenvalue weighted by molar-refractivity contribution is 5.69. The number of nitrogens with zero attached hydrogens (tertiary/aromatic N) is 4. The van der Waals surface area contributed by atoms with Crippen LogP contribution in [0.15, 0.2) is 48.8 Å². The van der Waals surface area contributed by atoms with Crippen LogP contribution in [0.4, 0.5) is 23.1 Å². The summed E-state index contributed by atoms with van der Waals surface area (Å²) in [6, 6.07) is 12.1. The van der Waals surface area contributed by atoms with Crippen molar-refractivity contribution in [3.05, 3.63) is 59.9 Å². The van der Waals surface area contributed by atoms with Gasteiger partial charge in [-0.2, -0.15) is 4.98 Å². The summed E-state index contributed by atoms with van der Waals surface area (Å²) in [6.45, 7) is 3.11. The molecule has 2 aromatic heterocycles. The Bertz CT molecular complexity index is 910. The lowest BCUT2D eigenvalue weighted by Crippen LogP contribution is -2.26. The molecule has 1 N–H and O–H groups in total.